The Balaban J connectivity index is 2.48. The van der Waals surface area contributed by atoms with E-state index in [1.165, 1.54) is 0 Å². The summed E-state index contributed by atoms with van der Waals surface area (Å²) < 4.78 is 4.96. The standard InChI is InChI=1S/C13H18ClN3O3/c1-13(2,3)20-12(19)17-11(18)7-16-10-6-8(14)4-5-9(10)15/h4-6,16H,7,15H2,1-3H3,(H,17,18,19). The fourth-order valence-electron chi connectivity index (χ4n) is 1.32. The lowest BCUT2D eigenvalue weighted by Crippen LogP contribution is -2.39. The van der Waals surface area contributed by atoms with Crippen molar-refractivity contribution in [3.8, 4) is 0 Å². The van der Waals surface area contributed by atoms with E-state index in [9.17, 15) is 9.59 Å². The lowest BCUT2D eigenvalue weighted by molar-refractivity contribution is -0.119. The highest BCUT2D eigenvalue weighted by molar-refractivity contribution is 6.31. The van der Waals surface area contributed by atoms with E-state index in [0.717, 1.165) is 0 Å². The molecular formula is C13H18ClN3O3. The summed E-state index contributed by atoms with van der Waals surface area (Å²) in [5.74, 6) is -0.529. The molecule has 0 aliphatic rings. The van der Waals surface area contributed by atoms with Crippen LogP contribution < -0.4 is 16.4 Å². The Bertz CT molecular complexity index is 512. The predicted molar refractivity (Wildman–Crippen MR) is 78.7 cm³/mol. The zero-order chi connectivity index (χ0) is 15.3. The molecular weight excluding hydrogens is 282 g/mol. The average Bonchev–Trinajstić information content (AvgIpc) is 2.27. The summed E-state index contributed by atoms with van der Waals surface area (Å²) >= 11 is 5.82. The number of hydrogen-bond acceptors (Lipinski definition) is 5. The first-order valence-corrected chi connectivity index (χ1v) is 6.37. The van der Waals surface area contributed by atoms with Crippen molar-refractivity contribution < 1.29 is 14.3 Å². The zero-order valence-electron chi connectivity index (χ0n) is 11.6. The number of hydrogen-bond donors (Lipinski definition) is 3. The molecule has 0 aliphatic heterocycles. The second-order valence-electron chi connectivity index (χ2n) is 5.14. The third-order valence-electron chi connectivity index (χ3n) is 2.10. The Hall–Kier alpha value is -1.95. The van der Waals surface area contributed by atoms with Gasteiger partial charge in [0, 0.05) is 5.02 Å². The van der Waals surface area contributed by atoms with Crippen molar-refractivity contribution in [2.24, 2.45) is 0 Å². The number of nitrogens with one attached hydrogen (secondary N) is 2. The van der Waals surface area contributed by atoms with Gasteiger partial charge in [-0.05, 0) is 39.0 Å². The number of nitrogen functional groups attached to an aromatic ring is 1. The van der Waals surface area contributed by atoms with Gasteiger partial charge < -0.3 is 15.8 Å². The van der Waals surface area contributed by atoms with Crippen LogP contribution >= 0.6 is 11.6 Å². The number of benzene rings is 1. The van der Waals surface area contributed by atoms with Gasteiger partial charge in [0.25, 0.3) is 0 Å². The molecule has 110 valence electrons. The van der Waals surface area contributed by atoms with Crippen molar-refractivity contribution in [2.45, 2.75) is 26.4 Å². The van der Waals surface area contributed by atoms with E-state index in [2.05, 4.69) is 10.6 Å². The first kappa shape index (κ1) is 16.1. The number of anilines is 2. The van der Waals surface area contributed by atoms with Crippen LogP contribution in [0.4, 0.5) is 16.2 Å². The summed E-state index contributed by atoms with van der Waals surface area (Å²) in [6.07, 6.45) is -0.789. The molecule has 0 fully saturated rings. The van der Waals surface area contributed by atoms with Gasteiger partial charge in [-0.1, -0.05) is 11.6 Å². The maximum Gasteiger partial charge on any atom is 0.414 e. The highest BCUT2D eigenvalue weighted by Gasteiger charge is 2.18. The number of imide groups is 1. The van der Waals surface area contributed by atoms with Crippen molar-refractivity contribution in [1.29, 1.82) is 0 Å². The first-order valence-electron chi connectivity index (χ1n) is 5.99. The molecule has 2 amide bonds. The molecule has 1 rings (SSSR count). The average molecular weight is 300 g/mol. The van der Waals surface area contributed by atoms with Crippen molar-refractivity contribution in [1.82, 2.24) is 5.32 Å². The highest BCUT2D eigenvalue weighted by Crippen LogP contribution is 2.22. The second kappa shape index (κ2) is 6.47. The summed E-state index contributed by atoms with van der Waals surface area (Å²) in [7, 11) is 0. The van der Waals surface area contributed by atoms with E-state index in [0.29, 0.717) is 16.4 Å². The third-order valence-corrected chi connectivity index (χ3v) is 2.33. The minimum atomic E-state index is -0.789. The summed E-state index contributed by atoms with van der Waals surface area (Å²) in [5, 5.41) is 5.39. The van der Waals surface area contributed by atoms with Gasteiger partial charge in [0.1, 0.15) is 5.60 Å². The predicted octanol–water partition coefficient (Wildman–Crippen LogP) is 2.39. The van der Waals surface area contributed by atoms with Crippen molar-refractivity contribution in [3.05, 3.63) is 23.2 Å². The summed E-state index contributed by atoms with van der Waals surface area (Å²) in [4.78, 5) is 22.9. The SMILES string of the molecule is CC(C)(C)OC(=O)NC(=O)CNc1cc(Cl)ccc1N. The molecule has 0 unspecified atom stereocenters. The molecule has 1 aromatic carbocycles. The van der Waals surface area contributed by atoms with Gasteiger partial charge in [0.05, 0.1) is 17.9 Å². The van der Waals surface area contributed by atoms with Crippen molar-refractivity contribution >= 4 is 35.0 Å². The molecule has 0 saturated heterocycles. The van der Waals surface area contributed by atoms with E-state index in [1.807, 2.05) is 0 Å². The molecule has 0 radical (unpaired) electrons. The van der Waals surface area contributed by atoms with E-state index < -0.39 is 17.6 Å². The number of alkyl carbamates (subject to hydrolysis) is 1. The number of rotatable bonds is 3. The number of carbonyl (C=O) groups excluding carboxylic acids is 2. The Morgan fingerprint density at radius 1 is 1.35 bits per heavy atom. The second-order valence-corrected chi connectivity index (χ2v) is 5.57. The highest BCUT2D eigenvalue weighted by atomic mass is 35.5. The summed E-state index contributed by atoms with van der Waals surface area (Å²) in [5.41, 5.74) is 6.04. The Morgan fingerprint density at radius 2 is 2.00 bits per heavy atom. The molecule has 6 nitrogen and oxygen atoms in total. The van der Waals surface area contributed by atoms with Gasteiger partial charge in [-0.15, -0.1) is 0 Å². The smallest absolute Gasteiger partial charge is 0.414 e. The van der Waals surface area contributed by atoms with Crippen LogP contribution in [0.15, 0.2) is 18.2 Å². The van der Waals surface area contributed by atoms with E-state index >= 15 is 0 Å². The molecule has 7 heteroatoms. The maximum absolute atomic E-state index is 11.6. The van der Waals surface area contributed by atoms with Crippen LogP contribution in [0.25, 0.3) is 0 Å². The topological polar surface area (TPSA) is 93.4 Å². The Kier molecular flexibility index (Phi) is 5.21. The van der Waals surface area contributed by atoms with Crippen molar-refractivity contribution in [3.63, 3.8) is 0 Å². The van der Waals surface area contributed by atoms with Gasteiger partial charge >= 0.3 is 6.09 Å². The van der Waals surface area contributed by atoms with Gasteiger partial charge in [-0.3, -0.25) is 10.1 Å². The van der Waals surface area contributed by atoms with Crippen LogP contribution in [0.2, 0.25) is 5.02 Å². The van der Waals surface area contributed by atoms with Crippen LogP contribution in [-0.2, 0) is 9.53 Å². The number of carbonyl (C=O) groups is 2. The third kappa shape index (κ3) is 5.79. The number of ether oxygens (including phenoxy) is 1. The lowest BCUT2D eigenvalue weighted by Gasteiger charge is -2.19. The summed E-state index contributed by atoms with van der Waals surface area (Å²) in [6, 6.07) is 4.86. The normalized spacial score (nSPS) is 10.8. The van der Waals surface area contributed by atoms with Crippen LogP contribution in [0.3, 0.4) is 0 Å². The van der Waals surface area contributed by atoms with Crippen LogP contribution in [0.1, 0.15) is 20.8 Å². The van der Waals surface area contributed by atoms with Gasteiger partial charge in [0.2, 0.25) is 5.91 Å². The fraction of sp³-hybridized carbons (Fsp3) is 0.385. The fourth-order valence-corrected chi connectivity index (χ4v) is 1.49. The van der Waals surface area contributed by atoms with E-state index in [4.69, 9.17) is 22.1 Å². The molecule has 0 aliphatic carbocycles. The van der Waals surface area contributed by atoms with E-state index in [1.54, 1.807) is 39.0 Å². The molecule has 0 bridgehead atoms. The van der Waals surface area contributed by atoms with Crippen LogP contribution in [0, 0.1) is 0 Å². The molecule has 0 aromatic heterocycles. The zero-order valence-corrected chi connectivity index (χ0v) is 12.4. The minimum absolute atomic E-state index is 0.121. The van der Waals surface area contributed by atoms with Crippen LogP contribution in [0.5, 0.6) is 0 Å². The van der Waals surface area contributed by atoms with Gasteiger partial charge in [-0.2, -0.15) is 0 Å². The number of halogens is 1. The quantitative estimate of drug-likeness (QED) is 0.745. The lowest BCUT2D eigenvalue weighted by atomic mass is 10.2. The number of nitrogens with two attached hydrogens (primary N) is 1. The Labute approximate surface area is 122 Å². The minimum Gasteiger partial charge on any atom is -0.444 e. The van der Waals surface area contributed by atoms with Gasteiger partial charge in [0.15, 0.2) is 0 Å². The van der Waals surface area contributed by atoms with Crippen LogP contribution in [-0.4, -0.2) is 24.1 Å². The Morgan fingerprint density at radius 3 is 2.60 bits per heavy atom. The van der Waals surface area contributed by atoms with Gasteiger partial charge in [-0.25, -0.2) is 4.79 Å². The molecule has 4 N–H and O–H groups in total. The monoisotopic (exact) mass is 299 g/mol. The summed E-state index contributed by atoms with van der Waals surface area (Å²) in [6.45, 7) is 5.01. The largest absolute Gasteiger partial charge is 0.444 e. The van der Waals surface area contributed by atoms with Crippen molar-refractivity contribution in [2.75, 3.05) is 17.6 Å². The molecule has 0 saturated carbocycles. The molecule has 1 aromatic rings. The van der Waals surface area contributed by atoms with E-state index in [-0.39, 0.29) is 6.54 Å². The first-order chi connectivity index (χ1) is 9.17. The molecule has 0 spiro atoms. The molecule has 0 heterocycles. The maximum atomic E-state index is 11.6. The molecule has 0 atom stereocenters. The number of amides is 2. The molecule has 20 heavy (non-hydrogen) atoms.